The summed E-state index contributed by atoms with van der Waals surface area (Å²) in [5.74, 6) is -0.252. The standard InChI is InChI=1S/C19H20ClFN2O/c20-15-7-8-17(19(24)23-9-2-1-3-10-23)18(12-15)22-13-14-5-4-6-16(21)11-14/h4-8,11-12,22H,1-3,9-10,13H2. The summed E-state index contributed by atoms with van der Waals surface area (Å²) in [6, 6.07) is 11.6. The number of carbonyl (C=O) groups excluding carboxylic acids is 1. The number of piperidine rings is 1. The lowest BCUT2D eigenvalue weighted by Gasteiger charge is -2.27. The van der Waals surface area contributed by atoms with Gasteiger partial charge in [-0.2, -0.15) is 0 Å². The molecule has 5 heteroatoms. The van der Waals surface area contributed by atoms with E-state index in [0.29, 0.717) is 22.8 Å². The van der Waals surface area contributed by atoms with E-state index in [2.05, 4.69) is 5.32 Å². The second-order valence-corrected chi connectivity index (χ2v) is 6.46. The van der Waals surface area contributed by atoms with E-state index in [-0.39, 0.29) is 11.7 Å². The first kappa shape index (κ1) is 16.8. The van der Waals surface area contributed by atoms with Gasteiger partial charge in [0.25, 0.3) is 5.91 Å². The minimum Gasteiger partial charge on any atom is -0.380 e. The molecule has 1 N–H and O–H groups in total. The summed E-state index contributed by atoms with van der Waals surface area (Å²) in [6.07, 6.45) is 3.27. The first-order chi connectivity index (χ1) is 11.6. The summed E-state index contributed by atoms with van der Waals surface area (Å²) in [5.41, 5.74) is 2.10. The minimum absolute atomic E-state index is 0.0214. The molecule has 1 heterocycles. The molecule has 1 fully saturated rings. The molecule has 3 nitrogen and oxygen atoms in total. The Hall–Kier alpha value is -2.07. The number of halogens is 2. The molecule has 126 valence electrons. The predicted octanol–water partition coefficient (Wildman–Crippen LogP) is 4.72. The van der Waals surface area contributed by atoms with Gasteiger partial charge in [0, 0.05) is 30.3 Å². The van der Waals surface area contributed by atoms with Gasteiger partial charge in [0.15, 0.2) is 0 Å². The second kappa shape index (κ2) is 7.67. The van der Waals surface area contributed by atoms with Crippen LogP contribution in [0.4, 0.5) is 10.1 Å². The summed E-state index contributed by atoms with van der Waals surface area (Å²) in [7, 11) is 0. The molecule has 0 aromatic heterocycles. The molecule has 1 amide bonds. The molecule has 0 unspecified atom stereocenters. The van der Waals surface area contributed by atoms with E-state index >= 15 is 0 Å². The first-order valence-electron chi connectivity index (χ1n) is 8.20. The maximum absolute atomic E-state index is 13.3. The minimum atomic E-state index is -0.273. The van der Waals surface area contributed by atoms with Gasteiger partial charge in [-0.25, -0.2) is 4.39 Å². The molecule has 0 radical (unpaired) electrons. The lowest BCUT2D eigenvalue weighted by molar-refractivity contribution is 0.0725. The monoisotopic (exact) mass is 346 g/mol. The Bertz CT molecular complexity index is 729. The van der Waals surface area contributed by atoms with Crippen LogP contribution < -0.4 is 5.32 Å². The van der Waals surface area contributed by atoms with Crippen LogP contribution in [0.3, 0.4) is 0 Å². The number of nitrogens with zero attached hydrogens (tertiary/aromatic N) is 1. The van der Waals surface area contributed by atoms with Crippen LogP contribution in [-0.2, 0) is 6.54 Å². The second-order valence-electron chi connectivity index (χ2n) is 6.03. The van der Waals surface area contributed by atoms with Crippen molar-refractivity contribution in [3.63, 3.8) is 0 Å². The molecule has 1 aliphatic rings. The van der Waals surface area contributed by atoms with Crippen molar-refractivity contribution in [2.45, 2.75) is 25.8 Å². The third kappa shape index (κ3) is 4.06. The van der Waals surface area contributed by atoms with Gasteiger partial charge in [0.1, 0.15) is 5.82 Å². The number of hydrogen-bond acceptors (Lipinski definition) is 2. The average Bonchev–Trinajstić information content (AvgIpc) is 2.60. The molecule has 0 atom stereocenters. The van der Waals surface area contributed by atoms with E-state index < -0.39 is 0 Å². The lowest BCUT2D eigenvalue weighted by Crippen LogP contribution is -2.36. The fourth-order valence-corrected chi connectivity index (χ4v) is 3.13. The van der Waals surface area contributed by atoms with Crippen LogP contribution in [0.1, 0.15) is 35.2 Å². The lowest BCUT2D eigenvalue weighted by atomic mass is 10.1. The highest BCUT2D eigenvalue weighted by Gasteiger charge is 2.20. The molecule has 1 aliphatic heterocycles. The van der Waals surface area contributed by atoms with Crippen LogP contribution in [0.15, 0.2) is 42.5 Å². The number of likely N-dealkylation sites (tertiary alicyclic amines) is 1. The SMILES string of the molecule is O=C(c1ccc(Cl)cc1NCc1cccc(F)c1)N1CCCCC1. The molecule has 3 rings (SSSR count). The van der Waals surface area contributed by atoms with E-state index in [9.17, 15) is 9.18 Å². The molecular formula is C19H20ClFN2O. The van der Waals surface area contributed by atoms with Gasteiger partial charge in [-0.05, 0) is 55.2 Å². The van der Waals surface area contributed by atoms with Crippen LogP contribution in [0, 0.1) is 5.82 Å². The van der Waals surface area contributed by atoms with Crippen molar-refractivity contribution in [2.75, 3.05) is 18.4 Å². The van der Waals surface area contributed by atoms with Crippen molar-refractivity contribution in [2.24, 2.45) is 0 Å². The smallest absolute Gasteiger partial charge is 0.255 e. The number of benzene rings is 2. The summed E-state index contributed by atoms with van der Waals surface area (Å²) in [4.78, 5) is 14.7. The number of anilines is 1. The molecule has 24 heavy (non-hydrogen) atoms. The number of amides is 1. The molecule has 1 saturated heterocycles. The van der Waals surface area contributed by atoms with Gasteiger partial charge in [-0.3, -0.25) is 4.79 Å². The Morgan fingerprint density at radius 3 is 2.67 bits per heavy atom. The quantitative estimate of drug-likeness (QED) is 0.869. The largest absolute Gasteiger partial charge is 0.380 e. The van der Waals surface area contributed by atoms with E-state index in [1.807, 2.05) is 11.0 Å². The molecule has 0 aliphatic carbocycles. The fraction of sp³-hybridized carbons (Fsp3) is 0.316. The Labute approximate surface area is 146 Å². The molecule has 0 spiro atoms. The summed E-state index contributed by atoms with van der Waals surface area (Å²) >= 11 is 6.09. The van der Waals surface area contributed by atoms with Crippen LogP contribution in [0.5, 0.6) is 0 Å². The van der Waals surface area contributed by atoms with E-state index in [4.69, 9.17) is 11.6 Å². The van der Waals surface area contributed by atoms with Gasteiger partial charge in [0.05, 0.1) is 5.56 Å². The van der Waals surface area contributed by atoms with Crippen molar-refractivity contribution in [1.29, 1.82) is 0 Å². The average molecular weight is 347 g/mol. The zero-order valence-electron chi connectivity index (χ0n) is 13.4. The van der Waals surface area contributed by atoms with E-state index in [1.54, 1.807) is 24.3 Å². The number of rotatable bonds is 4. The first-order valence-corrected chi connectivity index (χ1v) is 8.58. The highest BCUT2D eigenvalue weighted by atomic mass is 35.5. The zero-order valence-corrected chi connectivity index (χ0v) is 14.2. The van der Waals surface area contributed by atoms with Crippen molar-refractivity contribution < 1.29 is 9.18 Å². The van der Waals surface area contributed by atoms with Gasteiger partial charge in [-0.1, -0.05) is 23.7 Å². The van der Waals surface area contributed by atoms with Crippen LogP contribution >= 0.6 is 11.6 Å². The number of nitrogens with one attached hydrogen (secondary N) is 1. The van der Waals surface area contributed by atoms with Crippen molar-refractivity contribution in [3.05, 3.63) is 64.4 Å². The van der Waals surface area contributed by atoms with E-state index in [0.717, 1.165) is 31.5 Å². The Kier molecular flexibility index (Phi) is 5.36. The molecular weight excluding hydrogens is 327 g/mol. The van der Waals surface area contributed by atoms with Crippen molar-refractivity contribution >= 4 is 23.2 Å². The maximum atomic E-state index is 13.3. The van der Waals surface area contributed by atoms with Gasteiger partial charge in [-0.15, -0.1) is 0 Å². The summed E-state index contributed by atoms with van der Waals surface area (Å²) in [6.45, 7) is 2.02. The summed E-state index contributed by atoms with van der Waals surface area (Å²) < 4.78 is 13.3. The van der Waals surface area contributed by atoms with Crippen LogP contribution in [0.25, 0.3) is 0 Å². The predicted molar refractivity (Wildman–Crippen MR) is 94.9 cm³/mol. The summed E-state index contributed by atoms with van der Waals surface area (Å²) in [5, 5.41) is 3.78. The van der Waals surface area contributed by atoms with Crippen molar-refractivity contribution in [1.82, 2.24) is 4.90 Å². The molecule has 2 aromatic rings. The highest BCUT2D eigenvalue weighted by molar-refractivity contribution is 6.31. The Morgan fingerprint density at radius 1 is 1.12 bits per heavy atom. The van der Waals surface area contributed by atoms with E-state index in [1.165, 1.54) is 18.6 Å². The normalized spacial score (nSPS) is 14.5. The zero-order chi connectivity index (χ0) is 16.9. The molecule has 0 saturated carbocycles. The van der Waals surface area contributed by atoms with Gasteiger partial charge >= 0.3 is 0 Å². The van der Waals surface area contributed by atoms with Crippen LogP contribution in [0.2, 0.25) is 5.02 Å². The number of carbonyl (C=O) groups is 1. The third-order valence-electron chi connectivity index (χ3n) is 4.23. The fourth-order valence-electron chi connectivity index (χ4n) is 2.96. The topological polar surface area (TPSA) is 32.3 Å². The van der Waals surface area contributed by atoms with Gasteiger partial charge < -0.3 is 10.2 Å². The molecule has 2 aromatic carbocycles. The third-order valence-corrected chi connectivity index (χ3v) is 4.46. The highest BCUT2D eigenvalue weighted by Crippen LogP contribution is 2.24. The Balaban J connectivity index is 1.78. The van der Waals surface area contributed by atoms with Gasteiger partial charge in [0.2, 0.25) is 0 Å². The van der Waals surface area contributed by atoms with Crippen molar-refractivity contribution in [3.8, 4) is 0 Å². The Morgan fingerprint density at radius 2 is 1.92 bits per heavy atom. The maximum Gasteiger partial charge on any atom is 0.255 e. The number of hydrogen-bond donors (Lipinski definition) is 1. The molecule has 0 bridgehead atoms. The van der Waals surface area contributed by atoms with Crippen LogP contribution in [-0.4, -0.2) is 23.9 Å².